The Balaban J connectivity index is 1.93. The maximum Gasteiger partial charge on any atom is 0.227 e. The van der Waals surface area contributed by atoms with Crippen LogP contribution in [0.1, 0.15) is 31.2 Å². The molecule has 1 aliphatic heterocycles. The summed E-state index contributed by atoms with van der Waals surface area (Å²) in [6.07, 6.45) is 4.34. The van der Waals surface area contributed by atoms with Crippen molar-refractivity contribution in [3.8, 4) is 0 Å². The van der Waals surface area contributed by atoms with E-state index in [1.165, 1.54) is 0 Å². The van der Waals surface area contributed by atoms with Gasteiger partial charge in [-0.15, -0.1) is 0 Å². The first kappa shape index (κ1) is 14.5. The fourth-order valence-corrected chi connectivity index (χ4v) is 2.93. The molecule has 1 saturated heterocycles. The van der Waals surface area contributed by atoms with E-state index >= 15 is 0 Å². The summed E-state index contributed by atoms with van der Waals surface area (Å²) in [5.41, 5.74) is 1.06. The molecule has 1 heterocycles. The number of hydrogen-bond acceptors (Lipinski definition) is 2. The molecule has 3 nitrogen and oxygen atoms in total. The zero-order chi connectivity index (χ0) is 13.7. The normalized spacial score (nSPS) is 18.8. The van der Waals surface area contributed by atoms with E-state index in [9.17, 15) is 4.79 Å². The summed E-state index contributed by atoms with van der Waals surface area (Å²) < 4.78 is 1.03. The molecule has 1 aromatic carbocycles. The van der Waals surface area contributed by atoms with Crippen molar-refractivity contribution in [2.75, 3.05) is 13.2 Å². The lowest BCUT2D eigenvalue weighted by molar-refractivity contribution is -0.131. The number of aliphatic hydroxyl groups is 1. The SMILES string of the molecule is O=C(Cc1ccc(Br)cc1)N1CCCC1CCCO. The molecule has 0 radical (unpaired) electrons. The number of carbonyl (C=O) groups excluding carboxylic acids is 1. The highest BCUT2D eigenvalue weighted by atomic mass is 79.9. The summed E-state index contributed by atoms with van der Waals surface area (Å²) >= 11 is 3.40. The van der Waals surface area contributed by atoms with Gasteiger partial charge in [0.2, 0.25) is 5.91 Å². The Kier molecular flexibility index (Phi) is 5.40. The molecule has 0 aromatic heterocycles. The average molecular weight is 326 g/mol. The van der Waals surface area contributed by atoms with E-state index in [0.717, 1.165) is 42.3 Å². The molecule has 1 N–H and O–H groups in total. The number of amides is 1. The Morgan fingerprint density at radius 2 is 2.11 bits per heavy atom. The van der Waals surface area contributed by atoms with Crippen LogP contribution in [0.15, 0.2) is 28.7 Å². The van der Waals surface area contributed by atoms with Crippen LogP contribution in [-0.4, -0.2) is 35.1 Å². The van der Waals surface area contributed by atoms with Gasteiger partial charge in [-0.25, -0.2) is 0 Å². The maximum atomic E-state index is 12.3. The molecule has 4 heteroatoms. The van der Waals surface area contributed by atoms with E-state index < -0.39 is 0 Å². The van der Waals surface area contributed by atoms with Crippen LogP contribution in [0.5, 0.6) is 0 Å². The maximum absolute atomic E-state index is 12.3. The summed E-state index contributed by atoms with van der Waals surface area (Å²) in [5, 5.41) is 8.90. The second-order valence-electron chi connectivity index (χ2n) is 5.05. The van der Waals surface area contributed by atoms with Crippen molar-refractivity contribution in [3.63, 3.8) is 0 Å². The van der Waals surface area contributed by atoms with Crippen molar-refractivity contribution in [2.45, 2.75) is 38.1 Å². The topological polar surface area (TPSA) is 40.5 Å². The predicted octanol–water partition coefficient (Wildman–Crippen LogP) is 2.76. The highest BCUT2D eigenvalue weighted by molar-refractivity contribution is 9.10. The van der Waals surface area contributed by atoms with E-state index in [1.807, 2.05) is 29.2 Å². The minimum absolute atomic E-state index is 0.211. The molecule has 1 aromatic rings. The van der Waals surface area contributed by atoms with Gasteiger partial charge in [0.05, 0.1) is 6.42 Å². The molecule has 1 atom stereocenters. The van der Waals surface area contributed by atoms with Gasteiger partial charge >= 0.3 is 0 Å². The number of halogens is 1. The van der Waals surface area contributed by atoms with Crippen molar-refractivity contribution in [1.29, 1.82) is 0 Å². The first-order chi connectivity index (χ1) is 9.20. The fraction of sp³-hybridized carbons (Fsp3) is 0.533. The van der Waals surface area contributed by atoms with Crippen molar-refractivity contribution < 1.29 is 9.90 Å². The molecule has 0 spiro atoms. The summed E-state index contributed by atoms with van der Waals surface area (Å²) in [6.45, 7) is 1.08. The van der Waals surface area contributed by atoms with Crippen LogP contribution in [0, 0.1) is 0 Å². The van der Waals surface area contributed by atoms with Gasteiger partial charge in [0.15, 0.2) is 0 Å². The van der Waals surface area contributed by atoms with Gasteiger partial charge < -0.3 is 10.0 Å². The number of aliphatic hydroxyl groups excluding tert-OH is 1. The molecule has 1 fully saturated rings. The average Bonchev–Trinajstić information content (AvgIpc) is 2.87. The molecule has 19 heavy (non-hydrogen) atoms. The van der Waals surface area contributed by atoms with Crippen molar-refractivity contribution in [1.82, 2.24) is 4.90 Å². The van der Waals surface area contributed by atoms with Crippen LogP contribution in [0.4, 0.5) is 0 Å². The molecule has 104 valence electrons. The molecule has 2 rings (SSSR count). The molecule has 1 aliphatic rings. The lowest BCUT2D eigenvalue weighted by Crippen LogP contribution is -2.36. The lowest BCUT2D eigenvalue weighted by Gasteiger charge is -2.24. The minimum Gasteiger partial charge on any atom is -0.396 e. The second kappa shape index (κ2) is 7.06. The first-order valence-electron chi connectivity index (χ1n) is 6.85. The Bertz CT molecular complexity index is 419. The third-order valence-corrected chi connectivity index (χ3v) is 4.19. The highest BCUT2D eigenvalue weighted by Gasteiger charge is 2.27. The van der Waals surface area contributed by atoms with Gasteiger partial charge in [-0.3, -0.25) is 4.79 Å². The summed E-state index contributed by atoms with van der Waals surface area (Å²) in [5.74, 6) is 0.211. The van der Waals surface area contributed by atoms with Crippen LogP contribution < -0.4 is 0 Å². The Morgan fingerprint density at radius 1 is 1.37 bits per heavy atom. The fourth-order valence-electron chi connectivity index (χ4n) is 2.67. The van der Waals surface area contributed by atoms with E-state index in [0.29, 0.717) is 12.5 Å². The van der Waals surface area contributed by atoms with Crippen LogP contribution in [0.25, 0.3) is 0 Å². The van der Waals surface area contributed by atoms with Gasteiger partial charge in [-0.1, -0.05) is 28.1 Å². The van der Waals surface area contributed by atoms with Crippen LogP contribution in [0.2, 0.25) is 0 Å². The van der Waals surface area contributed by atoms with Crippen LogP contribution >= 0.6 is 15.9 Å². The Hall–Kier alpha value is -0.870. The third kappa shape index (κ3) is 4.05. The van der Waals surface area contributed by atoms with Crippen molar-refractivity contribution >= 4 is 21.8 Å². The standard InChI is InChI=1S/C15H20BrNO2/c16-13-7-5-12(6-8-13)11-15(19)17-9-1-3-14(17)4-2-10-18/h5-8,14,18H,1-4,9-11H2. The zero-order valence-electron chi connectivity index (χ0n) is 11.0. The van der Waals surface area contributed by atoms with E-state index in [-0.39, 0.29) is 12.5 Å². The number of nitrogens with zero attached hydrogens (tertiary/aromatic N) is 1. The van der Waals surface area contributed by atoms with Crippen molar-refractivity contribution in [3.05, 3.63) is 34.3 Å². The van der Waals surface area contributed by atoms with Gasteiger partial charge in [0.1, 0.15) is 0 Å². The van der Waals surface area contributed by atoms with E-state index in [1.54, 1.807) is 0 Å². The number of hydrogen-bond donors (Lipinski definition) is 1. The number of carbonyl (C=O) groups is 1. The molecule has 1 unspecified atom stereocenters. The quantitative estimate of drug-likeness (QED) is 0.904. The second-order valence-corrected chi connectivity index (χ2v) is 5.97. The first-order valence-corrected chi connectivity index (χ1v) is 7.65. The van der Waals surface area contributed by atoms with E-state index in [4.69, 9.17) is 5.11 Å². The van der Waals surface area contributed by atoms with E-state index in [2.05, 4.69) is 15.9 Å². The Labute approximate surface area is 122 Å². The van der Waals surface area contributed by atoms with Crippen LogP contribution in [0.3, 0.4) is 0 Å². The number of rotatable bonds is 5. The smallest absolute Gasteiger partial charge is 0.227 e. The van der Waals surface area contributed by atoms with Crippen LogP contribution in [-0.2, 0) is 11.2 Å². The summed E-state index contributed by atoms with van der Waals surface area (Å²) in [7, 11) is 0. The van der Waals surface area contributed by atoms with Gasteiger partial charge in [0.25, 0.3) is 0 Å². The molecular formula is C15H20BrNO2. The lowest BCUT2D eigenvalue weighted by atomic mass is 10.1. The minimum atomic E-state index is 0.211. The molecule has 0 saturated carbocycles. The summed E-state index contributed by atoms with van der Waals surface area (Å²) in [6, 6.07) is 8.24. The van der Waals surface area contributed by atoms with Gasteiger partial charge in [-0.2, -0.15) is 0 Å². The largest absolute Gasteiger partial charge is 0.396 e. The van der Waals surface area contributed by atoms with Gasteiger partial charge in [0, 0.05) is 23.7 Å². The van der Waals surface area contributed by atoms with Gasteiger partial charge in [-0.05, 0) is 43.4 Å². The highest BCUT2D eigenvalue weighted by Crippen LogP contribution is 2.22. The monoisotopic (exact) mass is 325 g/mol. The number of benzene rings is 1. The number of likely N-dealkylation sites (tertiary alicyclic amines) is 1. The third-order valence-electron chi connectivity index (χ3n) is 3.66. The molecule has 0 aliphatic carbocycles. The molecular weight excluding hydrogens is 306 g/mol. The predicted molar refractivity (Wildman–Crippen MR) is 78.9 cm³/mol. The van der Waals surface area contributed by atoms with Crippen molar-refractivity contribution in [2.24, 2.45) is 0 Å². The zero-order valence-corrected chi connectivity index (χ0v) is 12.6. The Morgan fingerprint density at radius 3 is 2.79 bits per heavy atom. The molecule has 0 bridgehead atoms. The molecule has 1 amide bonds. The summed E-state index contributed by atoms with van der Waals surface area (Å²) in [4.78, 5) is 14.3.